The number of fused-ring (bicyclic) bond motifs is 1. The molecular weight excluding hydrogens is 300 g/mol. The van der Waals surface area contributed by atoms with Gasteiger partial charge in [-0.1, -0.05) is 36.4 Å². The molecule has 24 heavy (non-hydrogen) atoms. The van der Waals surface area contributed by atoms with Crippen molar-refractivity contribution in [3.05, 3.63) is 65.9 Å². The lowest BCUT2D eigenvalue weighted by atomic mass is 10.1. The van der Waals surface area contributed by atoms with E-state index < -0.39 is 0 Å². The molecular formula is C20H22N2O2. The Morgan fingerprint density at radius 3 is 2.62 bits per heavy atom. The van der Waals surface area contributed by atoms with Crippen LogP contribution in [0.4, 0.5) is 0 Å². The highest BCUT2D eigenvalue weighted by molar-refractivity contribution is 6.00. The predicted octanol–water partition coefficient (Wildman–Crippen LogP) is 3.64. The fourth-order valence-corrected chi connectivity index (χ4v) is 2.95. The Labute approximate surface area is 141 Å². The Morgan fingerprint density at radius 2 is 1.88 bits per heavy atom. The number of hydrogen-bond acceptors (Lipinski definition) is 2. The molecule has 0 bridgehead atoms. The summed E-state index contributed by atoms with van der Waals surface area (Å²) >= 11 is 0. The summed E-state index contributed by atoms with van der Waals surface area (Å²) in [6.07, 6.45) is 3.01. The van der Waals surface area contributed by atoms with Crippen molar-refractivity contribution in [3.8, 4) is 5.75 Å². The first kappa shape index (κ1) is 16.1. The van der Waals surface area contributed by atoms with Crippen LogP contribution in [0.3, 0.4) is 0 Å². The van der Waals surface area contributed by atoms with Gasteiger partial charge in [0.05, 0.1) is 5.52 Å². The number of unbranched alkanes of at least 4 members (excludes halogenated alkanes) is 1. The number of aromatic hydroxyl groups is 1. The standard InChI is InChI=1S/C20H22N2O2/c1-22-17-11-7-12-19(23)16(17)14-18(22)20(24)21-13-6-5-10-15-8-3-2-4-9-15/h2-4,7-9,11-12,14,23H,5-6,10,13H2,1H3,(H,21,24). The highest BCUT2D eigenvalue weighted by Gasteiger charge is 2.14. The van der Waals surface area contributed by atoms with Gasteiger partial charge in [-0.3, -0.25) is 4.79 Å². The number of phenols is 1. The van der Waals surface area contributed by atoms with Gasteiger partial charge in [-0.15, -0.1) is 0 Å². The SMILES string of the molecule is Cn1c(C(=O)NCCCCc2ccccc2)cc2c(O)cccc21. The number of hydrogen-bond donors (Lipinski definition) is 2. The van der Waals surface area contributed by atoms with Crippen LogP contribution in [0, 0.1) is 0 Å². The number of carbonyl (C=O) groups excluding carboxylic acids is 1. The van der Waals surface area contributed by atoms with E-state index in [9.17, 15) is 9.90 Å². The molecule has 0 fully saturated rings. The maximum Gasteiger partial charge on any atom is 0.267 e. The minimum absolute atomic E-state index is 0.104. The van der Waals surface area contributed by atoms with Gasteiger partial charge in [0.15, 0.2) is 0 Å². The van der Waals surface area contributed by atoms with Gasteiger partial charge in [-0.25, -0.2) is 0 Å². The van der Waals surface area contributed by atoms with Crippen LogP contribution in [0.15, 0.2) is 54.6 Å². The van der Waals surface area contributed by atoms with Crippen LogP contribution in [0.25, 0.3) is 10.9 Å². The summed E-state index contributed by atoms with van der Waals surface area (Å²) in [5.41, 5.74) is 2.74. The number of carbonyl (C=O) groups is 1. The fourth-order valence-electron chi connectivity index (χ4n) is 2.95. The molecule has 0 atom stereocenters. The molecule has 0 saturated heterocycles. The topological polar surface area (TPSA) is 54.3 Å². The maximum absolute atomic E-state index is 12.4. The average molecular weight is 322 g/mol. The third-order valence-electron chi connectivity index (χ3n) is 4.32. The lowest BCUT2D eigenvalue weighted by Gasteiger charge is -2.07. The lowest BCUT2D eigenvalue weighted by Crippen LogP contribution is -2.26. The molecule has 0 unspecified atom stereocenters. The molecule has 0 spiro atoms. The molecule has 2 N–H and O–H groups in total. The molecule has 124 valence electrons. The number of nitrogens with zero attached hydrogens (tertiary/aromatic N) is 1. The molecule has 4 nitrogen and oxygen atoms in total. The molecule has 0 aliphatic carbocycles. The van der Waals surface area contributed by atoms with Crippen LogP contribution in [0.5, 0.6) is 5.75 Å². The van der Waals surface area contributed by atoms with Crippen LogP contribution >= 0.6 is 0 Å². The largest absolute Gasteiger partial charge is 0.507 e. The maximum atomic E-state index is 12.4. The lowest BCUT2D eigenvalue weighted by molar-refractivity contribution is 0.0945. The molecule has 3 aromatic rings. The molecule has 4 heteroatoms. The number of aryl methyl sites for hydroxylation is 2. The van der Waals surface area contributed by atoms with Crippen molar-refractivity contribution in [2.45, 2.75) is 19.3 Å². The monoisotopic (exact) mass is 322 g/mol. The second kappa shape index (κ2) is 7.21. The molecule has 2 aromatic carbocycles. The molecule has 0 aliphatic rings. The van der Waals surface area contributed by atoms with Crippen LogP contribution in [0.2, 0.25) is 0 Å². The average Bonchev–Trinajstić information content (AvgIpc) is 2.94. The number of aromatic nitrogens is 1. The first-order valence-corrected chi connectivity index (χ1v) is 8.26. The summed E-state index contributed by atoms with van der Waals surface area (Å²) in [5, 5.41) is 13.6. The van der Waals surface area contributed by atoms with E-state index in [1.165, 1.54) is 5.56 Å². The first-order chi connectivity index (χ1) is 11.7. The molecule has 1 amide bonds. The summed E-state index contributed by atoms with van der Waals surface area (Å²) in [5.74, 6) is 0.0952. The van der Waals surface area contributed by atoms with Crippen molar-refractivity contribution in [1.82, 2.24) is 9.88 Å². The molecule has 0 radical (unpaired) electrons. The van der Waals surface area contributed by atoms with Gasteiger partial charge < -0.3 is 15.0 Å². The summed E-state index contributed by atoms with van der Waals surface area (Å²) in [4.78, 5) is 12.4. The second-order valence-corrected chi connectivity index (χ2v) is 6.00. The van der Waals surface area contributed by atoms with Crippen molar-refractivity contribution in [2.75, 3.05) is 6.54 Å². The van der Waals surface area contributed by atoms with Crippen molar-refractivity contribution < 1.29 is 9.90 Å². The van der Waals surface area contributed by atoms with Gasteiger partial charge in [-0.2, -0.15) is 0 Å². The number of rotatable bonds is 6. The number of nitrogens with one attached hydrogen (secondary N) is 1. The van der Waals surface area contributed by atoms with Gasteiger partial charge in [0.1, 0.15) is 11.4 Å². The van der Waals surface area contributed by atoms with Gasteiger partial charge in [0.2, 0.25) is 0 Å². The Balaban J connectivity index is 1.54. The number of phenolic OH excluding ortho intramolecular Hbond substituents is 1. The number of benzene rings is 2. The first-order valence-electron chi connectivity index (χ1n) is 8.26. The van der Waals surface area contributed by atoms with E-state index in [-0.39, 0.29) is 11.7 Å². The normalized spacial score (nSPS) is 10.9. The van der Waals surface area contributed by atoms with E-state index in [1.54, 1.807) is 18.2 Å². The highest BCUT2D eigenvalue weighted by Crippen LogP contribution is 2.26. The van der Waals surface area contributed by atoms with Crippen molar-refractivity contribution >= 4 is 16.8 Å². The minimum atomic E-state index is -0.104. The van der Waals surface area contributed by atoms with E-state index in [4.69, 9.17) is 0 Å². The van der Waals surface area contributed by atoms with Crippen LogP contribution in [0.1, 0.15) is 28.9 Å². The van der Waals surface area contributed by atoms with Gasteiger partial charge in [-0.05, 0) is 43.0 Å². The summed E-state index contributed by atoms with van der Waals surface area (Å²) in [6, 6.07) is 17.4. The zero-order chi connectivity index (χ0) is 16.9. The Bertz CT molecular complexity index is 837. The second-order valence-electron chi connectivity index (χ2n) is 6.00. The Morgan fingerprint density at radius 1 is 1.08 bits per heavy atom. The number of amides is 1. The van der Waals surface area contributed by atoms with Crippen molar-refractivity contribution in [1.29, 1.82) is 0 Å². The van der Waals surface area contributed by atoms with E-state index in [1.807, 2.05) is 35.9 Å². The van der Waals surface area contributed by atoms with Gasteiger partial charge in [0, 0.05) is 19.0 Å². The van der Waals surface area contributed by atoms with E-state index in [0.717, 1.165) is 24.8 Å². The molecule has 0 saturated carbocycles. The van der Waals surface area contributed by atoms with Crippen LogP contribution in [-0.4, -0.2) is 22.1 Å². The Kier molecular flexibility index (Phi) is 4.85. The van der Waals surface area contributed by atoms with Gasteiger partial charge >= 0.3 is 0 Å². The zero-order valence-corrected chi connectivity index (χ0v) is 13.8. The van der Waals surface area contributed by atoms with E-state index in [0.29, 0.717) is 17.6 Å². The third kappa shape index (κ3) is 3.43. The van der Waals surface area contributed by atoms with Crippen molar-refractivity contribution in [2.24, 2.45) is 7.05 Å². The van der Waals surface area contributed by atoms with E-state index in [2.05, 4.69) is 17.4 Å². The summed E-state index contributed by atoms with van der Waals surface area (Å²) < 4.78 is 1.81. The van der Waals surface area contributed by atoms with Crippen LogP contribution in [-0.2, 0) is 13.5 Å². The fraction of sp³-hybridized carbons (Fsp3) is 0.250. The third-order valence-corrected chi connectivity index (χ3v) is 4.32. The zero-order valence-electron chi connectivity index (χ0n) is 13.8. The van der Waals surface area contributed by atoms with E-state index >= 15 is 0 Å². The summed E-state index contributed by atoms with van der Waals surface area (Å²) in [6.45, 7) is 0.652. The van der Waals surface area contributed by atoms with Gasteiger partial charge in [0.25, 0.3) is 5.91 Å². The molecule has 0 aliphatic heterocycles. The molecule has 3 rings (SSSR count). The predicted molar refractivity (Wildman–Crippen MR) is 96.3 cm³/mol. The van der Waals surface area contributed by atoms with Crippen LogP contribution < -0.4 is 5.32 Å². The molecule has 1 aromatic heterocycles. The summed E-state index contributed by atoms with van der Waals surface area (Å²) in [7, 11) is 1.84. The quantitative estimate of drug-likeness (QED) is 0.681. The minimum Gasteiger partial charge on any atom is -0.507 e. The Hall–Kier alpha value is -2.75. The molecule has 1 heterocycles. The highest BCUT2D eigenvalue weighted by atomic mass is 16.3. The van der Waals surface area contributed by atoms with Crippen molar-refractivity contribution in [3.63, 3.8) is 0 Å². The smallest absolute Gasteiger partial charge is 0.267 e.